The van der Waals surface area contributed by atoms with Crippen molar-refractivity contribution >= 4 is 41.8 Å². The van der Waals surface area contributed by atoms with Gasteiger partial charge in [-0.15, -0.1) is 35.9 Å². The minimum atomic E-state index is -0.0830. The Morgan fingerprint density at radius 3 is 2.57 bits per heavy atom. The number of halogens is 1. The maximum atomic E-state index is 11.6. The Bertz CT molecular complexity index is 454. The number of thioether (sulfide) groups is 2. The summed E-state index contributed by atoms with van der Waals surface area (Å²) >= 11 is 4.01. The van der Waals surface area contributed by atoms with Crippen molar-refractivity contribution in [2.45, 2.75) is 17.9 Å². The number of likely N-dealkylation sites (N-methyl/N-ethyl adjacent to an activating group) is 1. The molecule has 1 heterocycles. The van der Waals surface area contributed by atoms with Gasteiger partial charge in [0.1, 0.15) is 5.75 Å². The maximum Gasteiger partial charge on any atom is 0.257 e. The minimum absolute atomic E-state index is 0. The molecule has 0 unspecified atom stereocenters. The Morgan fingerprint density at radius 2 is 1.91 bits per heavy atom. The van der Waals surface area contributed by atoms with Crippen LogP contribution in [0.5, 0.6) is 5.75 Å². The molecular formula is C16H25ClN2O2S2. The number of benzene rings is 1. The lowest BCUT2D eigenvalue weighted by atomic mass is 10.2. The van der Waals surface area contributed by atoms with Crippen LogP contribution in [0.4, 0.5) is 0 Å². The van der Waals surface area contributed by atoms with E-state index in [4.69, 9.17) is 4.74 Å². The van der Waals surface area contributed by atoms with Crippen molar-refractivity contribution in [3.63, 3.8) is 0 Å². The topological polar surface area (TPSA) is 50.4 Å². The lowest BCUT2D eigenvalue weighted by Gasteiger charge is -2.21. The Balaban J connectivity index is 0.00000264. The van der Waals surface area contributed by atoms with Gasteiger partial charge in [-0.1, -0.05) is 19.1 Å². The van der Waals surface area contributed by atoms with E-state index in [2.05, 4.69) is 22.8 Å². The molecule has 4 nitrogen and oxygen atoms in total. The van der Waals surface area contributed by atoms with Gasteiger partial charge in [-0.3, -0.25) is 4.79 Å². The summed E-state index contributed by atoms with van der Waals surface area (Å²) in [6.07, 6.45) is 1.30. The molecule has 0 aliphatic carbocycles. The molecule has 130 valence electrons. The number of hydrogen-bond acceptors (Lipinski definition) is 5. The number of amides is 1. The van der Waals surface area contributed by atoms with Gasteiger partial charge in [-0.05, 0) is 42.2 Å². The zero-order chi connectivity index (χ0) is 15.6. The third-order valence-corrected chi connectivity index (χ3v) is 6.24. The van der Waals surface area contributed by atoms with Crippen molar-refractivity contribution in [1.29, 1.82) is 0 Å². The van der Waals surface area contributed by atoms with E-state index >= 15 is 0 Å². The number of ether oxygens (including phenoxy) is 1. The number of rotatable bonds is 8. The van der Waals surface area contributed by atoms with E-state index in [0.29, 0.717) is 11.1 Å². The number of carbonyl (C=O) groups is 1. The molecule has 23 heavy (non-hydrogen) atoms. The molecule has 1 aromatic carbocycles. The summed E-state index contributed by atoms with van der Waals surface area (Å²) in [6.45, 7) is 4.44. The summed E-state index contributed by atoms with van der Waals surface area (Å²) < 4.78 is 6.06. The first-order valence-corrected chi connectivity index (χ1v) is 9.82. The molecule has 0 saturated carbocycles. The van der Waals surface area contributed by atoms with Crippen LogP contribution < -0.4 is 15.4 Å². The van der Waals surface area contributed by atoms with Crippen LogP contribution in [0.3, 0.4) is 0 Å². The van der Waals surface area contributed by atoms with Crippen molar-refractivity contribution in [2.24, 2.45) is 0 Å². The second-order valence-corrected chi connectivity index (χ2v) is 7.71. The zero-order valence-corrected chi connectivity index (χ0v) is 15.8. The van der Waals surface area contributed by atoms with Gasteiger partial charge in [0, 0.05) is 13.1 Å². The van der Waals surface area contributed by atoms with Crippen molar-refractivity contribution in [2.75, 3.05) is 37.7 Å². The lowest BCUT2D eigenvalue weighted by molar-refractivity contribution is -0.123. The summed E-state index contributed by atoms with van der Waals surface area (Å²) in [4.78, 5) is 11.6. The van der Waals surface area contributed by atoms with Crippen LogP contribution >= 0.6 is 35.9 Å². The second-order valence-electron chi connectivity index (χ2n) is 4.99. The Morgan fingerprint density at radius 1 is 1.22 bits per heavy atom. The van der Waals surface area contributed by atoms with E-state index in [1.165, 1.54) is 23.5 Å². The number of carbonyl (C=O) groups excluding carboxylic acids is 1. The molecule has 0 radical (unpaired) electrons. The quantitative estimate of drug-likeness (QED) is 0.683. The molecule has 1 fully saturated rings. The van der Waals surface area contributed by atoms with Crippen LogP contribution in [0.2, 0.25) is 0 Å². The summed E-state index contributed by atoms with van der Waals surface area (Å²) in [5, 5.41) is 5.97. The Hall–Kier alpha value is -0.560. The lowest BCUT2D eigenvalue weighted by Crippen LogP contribution is -2.34. The molecule has 0 aromatic heterocycles. The van der Waals surface area contributed by atoms with Crippen LogP contribution in [0, 0.1) is 0 Å². The normalized spacial score (nSPS) is 14.8. The van der Waals surface area contributed by atoms with Crippen LogP contribution in [-0.2, 0) is 4.79 Å². The van der Waals surface area contributed by atoms with Crippen LogP contribution in [0.15, 0.2) is 24.3 Å². The second kappa shape index (κ2) is 11.9. The first-order chi connectivity index (χ1) is 10.8. The molecule has 1 aliphatic heterocycles. The molecule has 0 atom stereocenters. The molecular weight excluding hydrogens is 352 g/mol. The van der Waals surface area contributed by atoms with Crippen LogP contribution in [0.1, 0.15) is 23.5 Å². The average Bonchev–Trinajstić information content (AvgIpc) is 2.58. The summed E-state index contributed by atoms with van der Waals surface area (Å²) in [6, 6.07) is 8.12. The fourth-order valence-electron chi connectivity index (χ4n) is 2.07. The summed E-state index contributed by atoms with van der Waals surface area (Å²) in [5.41, 5.74) is 1.33. The summed E-state index contributed by atoms with van der Waals surface area (Å²) in [5.74, 6) is 3.14. The molecule has 2 rings (SSSR count). The first kappa shape index (κ1) is 20.5. The third kappa shape index (κ3) is 7.70. The summed E-state index contributed by atoms with van der Waals surface area (Å²) in [7, 11) is 0. The zero-order valence-electron chi connectivity index (χ0n) is 13.4. The highest BCUT2D eigenvalue weighted by Gasteiger charge is 2.16. The van der Waals surface area contributed by atoms with Crippen molar-refractivity contribution < 1.29 is 9.53 Å². The molecule has 7 heteroatoms. The molecule has 1 saturated heterocycles. The highest BCUT2D eigenvalue weighted by molar-refractivity contribution is 8.16. The molecule has 1 aliphatic rings. The van der Waals surface area contributed by atoms with E-state index in [-0.39, 0.29) is 24.9 Å². The van der Waals surface area contributed by atoms with E-state index < -0.39 is 0 Å². The van der Waals surface area contributed by atoms with Gasteiger partial charge in [0.2, 0.25) is 0 Å². The SMILES string of the molecule is CCNCCNC(=O)COc1ccc(C2SCCCS2)cc1.Cl. The van der Waals surface area contributed by atoms with Gasteiger partial charge >= 0.3 is 0 Å². The molecule has 0 spiro atoms. The largest absolute Gasteiger partial charge is 0.484 e. The van der Waals surface area contributed by atoms with Crippen LogP contribution in [0.25, 0.3) is 0 Å². The minimum Gasteiger partial charge on any atom is -0.484 e. The fraction of sp³-hybridized carbons (Fsp3) is 0.562. The highest BCUT2D eigenvalue weighted by Crippen LogP contribution is 2.43. The van der Waals surface area contributed by atoms with E-state index in [0.717, 1.165) is 18.8 Å². The van der Waals surface area contributed by atoms with Gasteiger partial charge < -0.3 is 15.4 Å². The van der Waals surface area contributed by atoms with E-state index in [9.17, 15) is 4.79 Å². The predicted molar refractivity (Wildman–Crippen MR) is 103 cm³/mol. The standard InChI is InChI=1S/C16H24N2O2S2.ClH/c1-2-17-8-9-18-15(19)12-20-14-6-4-13(5-7-14)16-21-10-3-11-22-16;/h4-7,16-17H,2-3,8-12H2,1H3,(H,18,19);1H. The molecule has 2 N–H and O–H groups in total. The van der Waals surface area contributed by atoms with Gasteiger partial charge in [-0.2, -0.15) is 0 Å². The third-order valence-electron chi connectivity index (χ3n) is 3.22. The monoisotopic (exact) mass is 376 g/mol. The maximum absolute atomic E-state index is 11.6. The van der Waals surface area contributed by atoms with Gasteiger partial charge in [-0.25, -0.2) is 0 Å². The van der Waals surface area contributed by atoms with Crippen molar-refractivity contribution in [3.05, 3.63) is 29.8 Å². The van der Waals surface area contributed by atoms with E-state index in [1.54, 1.807) is 0 Å². The fourth-order valence-corrected chi connectivity index (χ4v) is 4.96. The molecule has 1 amide bonds. The highest BCUT2D eigenvalue weighted by atomic mass is 35.5. The average molecular weight is 377 g/mol. The van der Waals surface area contributed by atoms with Crippen molar-refractivity contribution in [1.82, 2.24) is 10.6 Å². The van der Waals surface area contributed by atoms with Gasteiger partial charge in [0.15, 0.2) is 6.61 Å². The van der Waals surface area contributed by atoms with Gasteiger partial charge in [0.25, 0.3) is 5.91 Å². The molecule has 0 bridgehead atoms. The van der Waals surface area contributed by atoms with E-state index in [1.807, 2.05) is 42.6 Å². The number of hydrogen-bond donors (Lipinski definition) is 2. The Labute approximate surface area is 153 Å². The van der Waals surface area contributed by atoms with Crippen molar-refractivity contribution in [3.8, 4) is 5.75 Å². The van der Waals surface area contributed by atoms with Crippen LogP contribution in [-0.4, -0.2) is 43.7 Å². The first-order valence-electron chi connectivity index (χ1n) is 7.73. The van der Waals surface area contributed by atoms with Gasteiger partial charge in [0.05, 0.1) is 4.58 Å². The molecule has 1 aromatic rings. The Kier molecular flexibility index (Phi) is 10.6. The predicted octanol–water partition coefficient (Wildman–Crippen LogP) is 3.08. The smallest absolute Gasteiger partial charge is 0.257 e. The number of nitrogens with one attached hydrogen (secondary N) is 2.